The highest BCUT2D eigenvalue weighted by Gasteiger charge is 2.20. The highest BCUT2D eigenvalue weighted by molar-refractivity contribution is 7.09. The lowest BCUT2D eigenvalue weighted by Gasteiger charge is -1.99. The SMILES string of the molecule is Cc1oc(COCc2cccs2)cc1CNC1CC1. The standard InChI is InChI=1S/C15H19NO2S/c1-11-12(8-16-13-4-5-13)7-14(18-11)9-17-10-15-3-2-6-19-15/h2-3,6-7,13,16H,4-5,8-10H2,1H3. The van der Waals surface area contributed by atoms with Crippen LogP contribution in [0.1, 0.15) is 34.8 Å². The molecule has 1 aliphatic rings. The van der Waals surface area contributed by atoms with Crippen molar-refractivity contribution in [3.05, 3.63) is 45.5 Å². The second kappa shape index (κ2) is 5.90. The Morgan fingerprint density at radius 2 is 2.32 bits per heavy atom. The number of thiophene rings is 1. The summed E-state index contributed by atoms with van der Waals surface area (Å²) in [7, 11) is 0. The highest BCUT2D eigenvalue weighted by atomic mass is 32.1. The summed E-state index contributed by atoms with van der Waals surface area (Å²) in [6, 6.07) is 6.97. The van der Waals surface area contributed by atoms with Crippen molar-refractivity contribution >= 4 is 11.3 Å². The fourth-order valence-corrected chi connectivity index (χ4v) is 2.66. The minimum atomic E-state index is 0.544. The Balaban J connectivity index is 1.48. The lowest BCUT2D eigenvalue weighted by Crippen LogP contribution is -2.15. The van der Waals surface area contributed by atoms with Crippen molar-refractivity contribution in [2.75, 3.05) is 0 Å². The maximum atomic E-state index is 5.73. The van der Waals surface area contributed by atoms with E-state index in [1.54, 1.807) is 11.3 Å². The summed E-state index contributed by atoms with van der Waals surface area (Å²) in [5.41, 5.74) is 1.25. The molecule has 0 spiro atoms. The molecule has 0 aliphatic heterocycles. The Labute approximate surface area is 117 Å². The summed E-state index contributed by atoms with van der Waals surface area (Å²) >= 11 is 1.72. The first-order valence-electron chi connectivity index (χ1n) is 6.73. The molecule has 2 aromatic heterocycles. The minimum Gasteiger partial charge on any atom is -0.464 e. The van der Waals surface area contributed by atoms with Crippen LogP contribution in [-0.2, 0) is 24.5 Å². The molecule has 19 heavy (non-hydrogen) atoms. The van der Waals surface area contributed by atoms with Crippen LogP contribution >= 0.6 is 11.3 Å². The average Bonchev–Trinajstić information content (AvgIpc) is 2.95. The van der Waals surface area contributed by atoms with Gasteiger partial charge in [-0.1, -0.05) is 6.07 Å². The van der Waals surface area contributed by atoms with E-state index in [1.165, 1.54) is 23.3 Å². The van der Waals surface area contributed by atoms with E-state index < -0.39 is 0 Å². The maximum Gasteiger partial charge on any atom is 0.130 e. The molecule has 0 unspecified atom stereocenters. The van der Waals surface area contributed by atoms with E-state index in [9.17, 15) is 0 Å². The van der Waals surface area contributed by atoms with E-state index in [0.29, 0.717) is 13.2 Å². The van der Waals surface area contributed by atoms with Gasteiger partial charge in [-0.15, -0.1) is 11.3 Å². The summed E-state index contributed by atoms with van der Waals surface area (Å²) in [5, 5.41) is 5.57. The first-order valence-corrected chi connectivity index (χ1v) is 7.61. The van der Waals surface area contributed by atoms with Gasteiger partial charge in [-0.25, -0.2) is 0 Å². The van der Waals surface area contributed by atoms with Crippen LogP contribution in [0.5, 0.6) is 0 Å². The van der Waals surface area contributed by atoms with Crippen LogP contribution in [0.2, 0.25) is 0 Å². The molecule has 0 atom stereocenters. The van der Waals surface area contributed by atoms with Crippen LogP contribution in [0, 0.1) is 6.92 Å². The summed E-state index contributed by atoms with van der Waals surface area (Å²) < 4.78 is 11.4. The van der Waals surface area contributed by atoms with Crippen LogP contribution in [0.25, 0.3) is 0 Å². The molecule has 0 saturated heterocycles. The number of aryl methyl sites for hydroxylation is 1. The summed E-state index contributed by atoms with van der Waals surface area (Å²) in [5.74, 6) is 1.92. The second-order valence-electron chi connectivity index (χ2n) is 5.02. The fourth-order valence-electron chi connectivity index (χ4n) is 2.02. The van der Waals surface area contributed by atoms with Gasteiger partial charge in [-0.3, -0.25) is 0 Å². The lowest BCUT2D eigenvalue weighted by molar-refractivity contribution is 0.0942. The first-order chi connectivity index (χ1) is 9.31. The van der Waals surface area contributed by atoms with Crippen molar-refractivity contribution in [1.29, 1.82) is 0 Å². The van der Waals surface area contributed by atoms with E-state index >= 15 is 0 Å². The molecule has 4 heteroatoms. The molecule has 0 radical (unpaired) electrons. The molecule has 1 fully saturated rings. The van der Waals surface area contributed by atoms with Crippen LogP contribution < -0.4 is 5.32 Å². The van der Waals surface area contributed by atoms with Crippen molar-refractivity contribution in [3.63, 3.8) is 0 Å². The van der Waals surface area contributed by atoms with E-state index in [4.69, 9.17) is 9.15 Å². The molecule has 1 saturated carbocycles. The molecular weight excluding hydrogens is 258 g/mol. The molecule has 1 N–H and O–H groups in total. The predicted molar refractivity (Wildman–Crippen MR) is 76.1 cm³/mol. The smallest absolute Gasteiger partial charge is 0.130 e. The molecule has 3 nitrogen and oxygen atoms in total. The van der Waals surface area contributed by atoms with Crippen molar-refractivity contribution in [1.82, 2.24) is 5.32 Å². The zero-order valence-electron chi connectivity index (χ0n) is 11.1. The molecule has 102 valence electrons. The van der Waals surface area contributed by atoms with Gasteiger partial charge in [0.1, 0.15) is 18.1 Å². The molecular formula is C15H19NO2S. The van der Waals surface area contributed by atoms with Crippen molar-refractivity contribution < 1.29 is 9.15 Å². The Morgan fingerprint density at radius 1 is 1.42 bits per heavy atom. The van der Waals surface area contributed by atoms with Crippen molar-refractivity contribution in [2.45, 2.75) is 45.6 Å². The number of ether oxygens (including phenoxy) is 1. The lowest BCUT2D eigenvalue weighted by atomic mass is 10.2. The predicted octanol–water partition coefficient (Wildman–Crippen LogP) is 3.62. The average molecular weight is 277 g/mol. The molecule has 0 bridgehead atoms. The van der Waals surface area contributed by atoms with Gasteiger partial charge < -0.3 is 14.5 Å². The third-order valence-electron chi connectivity index (χ3n) is 3.30. The Kier molecular flexibility index (Phi) is 4.01. The van der Waals surface area contributed by atoms with E-state index in [2.05, 4.69) is 22.8 Å². The molecule has 2 aromatic rings. The number of nitrogens with one attached hydrogen (secondary N) is 1. The number of hydrogen-bond donors (Lipinski definition) is 1. The molecule has 0 amide bonds. The van der Waals surface area contributed by atoms with E-state index in [0.717, 1.165) is 24.1 Å². The molecule has 3 rings (SSSR count). The van der Waals surface area contributed by atoms with Crippen LogP contribution in [0.15, 0.2) is 28.0 Å². The minimum absolute atomic E-state index is 0.544. The summed E-state index contributed by atoms with van der Waals surface area (Å²) in [6.45, 7) is 4.13. The normalized spacial score (nSPS) is 15.0. The monoisotopic (exact) mass is 277 g/mol. The van der Waals surface area contributed by atoms with Crippen LogP contribution in [-0.4, -0.2) is 6.04 Å². The quantitative estimate of drug-likeness (QED) is 0.839. The van der Waals surface area contributed by atoms with Crippen molar-refractivity contribution in [3.8, 4) is 0 Å². The largest absolute Gasteiger partial charge is 0.464 e. The first kappa shape index (κ1) is 12.9. The zero-order valence-corrected chi connectivity index (χ0v) is 12.0. The molecule has 2 heterocycles. The third kappa shape index (κ3) is 3.69. The highest BCUT2D eigenvalue weighted by Crippen LogP contribution is 2.21. The van der Waals surface area contributed by atoms with Gasteiger partial charge in [0.25, 0.3) is 0 Å². The summed E-state index contributed by atoms with van der Waals surface area (Å²) in [6.07, 6.45) is 2.63. The van der Waals surface area contributed by atoms with Gasteiger partial charge >= 0.3 is 0 Å². The summed E-state index contributed by atoms with van der Waals surface area (Å²) in [4.78, 5) is 1.25. The van der Waals surface area contributed by atoms with Gasteiger partial charge in [0.05, 0.1) is 6.61 Å². The van der Waals surface area contributed by atoms with Crippen LogP contribution in [0.3, 0.4) is 0 Å². The Bertz CT molecular complexity index is 514. The Morgan fingerprint density at radius 3 is 3.05 bits per heavy atom. The van der Waals surface area contributed by atoms with Gasteiger partial charge in [-0.2, -0.15) is 0 Å². The van der Waals surface area contributed by atoms with Gasteiger partial charge in [-0.05, 0) is 37.3 Å². The number of hydrogen-bond acceptors (Lipinski definition) is 4. The second-order valence-corrected chi connectivity index (χ2v) is 6.05. The number of furan rings is 1. The molecule has 1 aliphatic carbocycles. The molecule has 0 aromatic carbocycles. The van der Waals surface area contributed by atoms with E-state index in [-0.39, 0.29) is 0 Å². The Hall–Kier alpha value is -1.10. The zero-order chi connectivity index (χ0) is 13.1. The topological polar surface area (TPSA) is 34.4 Å². The van der Waals surface area contributed by atoms with Gasteiger partial charge in [0, 0.05) is 23.0 Å². The van der Waals surface area contributed by atoms with Crippen molar-refractivity contribution in [2.24, 2.45) is 0 Å². The number of rotatable bonds is 7. The van der Waals surface area contributed by atoms with Gasteiger partial charge in [0.2, 0.25) is 0 Å². The maximum absolute atomic E-state index is 5.73. The van der Waals surface area contributed by atoms with Crippen LogP contribution in [0.4, 0.5) is 0 Å². The fraction of sp³-hybridized carbons (Fsp3) is 0.467. The third-order valence-corrected chi connectivity index (χ3v) is 4.15. The van der Waals surface area contributed by atoms with E-state index in [1.807, 2.05) is 13.0 Å². The van der Waals surface area contributed by atoms with Gasteiger partial charge in [0.15, 0.2) is 0 Å².